The lowest BCUT2D eigenvalue weighted by Crippen LogP contribution is -2.49. The molecule has 3 aromatic rings. The Morgan fingerprint density at radius 1 is 1.28 bits per heavy atom. The SMILES string of the molecule is C[C@@H]1CN([C@@H](C)CO)C(=O)c2cccc(NC(=O)c3ccc(-c4nccs4)cc3)c2O[C@@H]1CN(C)C. The van der Waals surface area contributed by atoms with Gasteiger partial charge in [-0.3, -0.25) is 9.59 Å². The summed E-state index contributed by atoms with van der Waals surface area (Å²) in [5.41, 5.74) is 2.23. The van der Waals surface area contributed by atoms with Gasteiger partial charge in [0.15, 0.2) is 5.75 Å². The third-order valence-electron chi connectivity index (χ3n) is 6.31. The smallest absolute Gasteiger partial charge is 0.258 e. The van der Waals surface area contributed by atoms with E-state index in [1.165, 1.54) is 11.3 Å². The summed E-state index contributed by atoms with van der Waals surface area (Å²) in [4.78, 5) is 34.7. The van der Waals surface area contributed by atoms with Gasteiger partial charge in [-0.25, -0.2) is 4.98 Å². The number of thiazole rings is 1. The summed E-state index contributed by atoms with van der Waals surface area (Å²) in [5.74, 6) is -0.181. The number of nitrogens with one attached hydrogen (secondary N) is 1. The quantitative estimate of drug-likeness (QED) is 0.504. The van der Waals surface area contributed by atoms with Crippen LogP contribution in [0.2, 0.25) is 0 Å². The molecule has 190 valence electrons. The maximum atomic E-state index is 13.5. The molecular formula is C27H32N4O4S. The van der Waals surface area contributed by atoms with Crippen molar-refractivity contribution in [3.05, 3.63) is 65.2 Å². The van der Waals surface area contributed by atoms with Gasteiger partial charge in [-0.15, -0.1) is 11.3 Å². The van der Waals surface area contributed by atoms with Crippen LogP contribution in [0.4, 0.5) is 5.69 Å². The molecule has 1 aliphatic heterocycles. The fourth-order valence-corrected chi connectivity index (χ4v) is 4.89. The summed E-state index contributed by atoms with van der Waals surface area (Å²) < 4.78 is 6.45. The van der Waals surface area contributed by atoms with E-state index >= 15 is 0 Å². The van der Waals surface area contributed by atoms with Crippen LogP contribution in [0.3, 0.4) is 0 Å². The second-order valence-electron chi connectivity index (χ2n) is 9.44. The molecule has 0 saturated heterocycles. The van der Waals surface area contributed by atoms with Crippen LogP contribution in [-0.4, -0.2) is 77.6 Å². The highest BCUT2D eigenvalue weighted by atomic mass is 32.1. The van der Waals surface area contributed by atoms with E-state index in [9.17, 15) is 14.7 Å². The van der Waals surface area contributed by atoms with Crippen LogP contribution in [-0.2, 0) is 0 Å². The van der Waals surface area contributed by atoms with E-state index in [-0.39, 0.29) is 36.5 Å². The summed E-state index contributed by atoms with van der Waals surface area (Å²) in [6.07, 6.45) is 1.52. The van der Waals surface area contributed by atoms with Crippen molar-refractivity contribution >= 4 is 28.8 Å². The Hall–Kier alpha value is -3.27. The number of fused-ring (bicyclic) bond motifs is 1. The number of aromatic nitrogens is 1. The second-order valence-corrected chi connectivity index (χ2v) is 10.3. The van der Waals surface area contributed by atoms with E-state index in [2.05, 4.69) is 10.3 Å². The summed E-state index contributed by atoms with van der Waals surface area (Å²) in [5, 5.41) is 15.5. The van der Waals surface area contributed by atoms with Crippen molar-refractivity contribution in [3.63, 3.8) is 0 Å². The first-order valence-electron chi connectivity index (χ1n) is 12.0. The average molecular weight is 509 g/mol. The Kier molecular flexibility index (Phi) is 8.03. The van der Waals surface area contributed by atoms with Crippen molar-refractivity contribution in [2.45, 2.75) is 26.0 Å². The van der Waals surface area contributed by atoms with Gasteiger partial charge in [-0.2, -0.15) is 0 Å². The third kappa shape index (κ3) is 5.59. The normalized spacial score (nSPS) is 18.7. The molecule has 0 bridgehead atoms. The van der Waals surface area contributed by atoms with Gasteiger partial charge < -0.3 is 25.0 Å². The molecular weight excluding hydrogens is 476 g/mol. The van der Waals surface area contributed by atoms with Crippen molar-refractivity contribution in [2.24, 2.45) is 5.92 Å². The first-order valence-corrected chi connectivity index (χ1v) is 12.8. The molecule has 36 heavy (non-hydrogen) atoms. The lowest BCUT2D eigenvalue weighted by atomic mass is 9.99. The Bertz CT molecular complexity index is 1200. The van der Waals surface area contributed by atoms with E-state index in [1.54, 1.807) is 41.4 Å². The molecule has 2 aromatic carbocycles. The van der Waals surface area contributed by atoms with E-state index in [4.69, 9.17) is 4.74 Å². The number of rotatable bonds is 7. The monoisotopic (exact) mass is 508 g/mol. The minimum absolute atomic E-state index is 0.000614. The number of para-hydroxylation sites is 1. The van der Waals surface area contributed by atoms with E-state index in [0.29, 0.717) is 35.7 Å². The van der Waals surface area contributed by atoms with Crippen molar-refractivity contribution < 1.29 is 19.4 Å². The highest BCUT2D eigenvalue weighted by Gasteiger charge is 2.34. The molecule has 9 heteroatoms. The van der Waals surface area contributed by atoms with Gasteiger partial charge in [-0.05, 0) is 45.3 Å². The predicted octanol–water partition coefficient (Wildman–Crippen LogP) is 3.84. The molecule has 0 unspecified atom stereocenters. The zero-order valence-corrected chi connectivity index (χ0v) is 21.8. The summed E-state index contributed by atoms with van der Waals surface area (Å²) in [6.45, 7) is 4.82. The van der Waals surface area contributed by atoms with Crippen LogP contribution in [0.15, 0.2) is 54.0 Å². The number of likely N-dealkylation sites (N-methyl/N-ethyl adjacent to an activating group) is 1. The van der Waals surface area contributed by atoms with Gasteiger partial charge in [0.2, 0.25) is 0 Å². The fourth-order valence-electron chi connectivity index (χ4n) is 4.24. The molecule has 0 fully saturated rings. The van der Waals surface area contributed by atoms with Gasteiger partial charge in [0, 0.05) is 41.7 Å². The number of hydrogen-bond acceptors (Lipinski definition) is 7. The van der Waals surface area contributed by atoms with Gasteiger partial charge in [0.25, 0.3) is 11.8 Å². The molecule has 0 radical (unpaired) electrons. The molecule has 4 rings (SSSR count). The number of carbonyl (C=O) groups is 2. The van der Waals surface area contributed by atoms with Crippen LogP contribution >= 0.6 is 11.3 Å². The lowest BCUT2D eigenvalue weighted by molar-refractivity contribution is 0.0365. The molecule has 2 heterocycles. The maximum absolute atomic E-state index is 13.5. The van der Waals surface area contributed by atoms with Crippen LogP contribution in [0.5, 0.6) is 5.75 Å². The van der Waals surface area contributed by atoms with Gasteiger partial charge in [0.1, 0.15) is 11.1 Å². The van der Waals surface area contributed by atoms with Gasteiger partial charge >= 0.3 is 0 Å². The zero-order chi connectivity index (χ0) is 25.8. The minimum Gasteiger partial charge on any atom is -0.486 e. The first kappa shape index (κ1) is 25.8. The molecule has 0 saturated carbocycles. The zero-order valence-electron chi connectivity index (χ0n) is 21.0. The predicted molar refractivity (Wildman–Crippen MR) is 142 cm³/mol. The van der Waals surface area contributed by atoms with E-state index in [0.717, 1.165) is 10.6 Å². The summed E-state index contributed by atoms with van der Waals surface area (Å²) in [7, 11) is 3.94. The van der Waals surface area contributed by atoms with Crippen molar-refractivity contribution in [2.75, 3.05) is 39.1 Å². The number of aliphatic hydroxyl groups excluding tert-OH is 1. The maximum Gasteiger partial charge on any atom is 0.258 e. The molecule has 0 aliphatic carbocycles. The number of anilines is 1. The molecule has 1 aromatic heterocycles. The second kappa shape index (κ2) is 11.2. The topological polar surface area (TPSA) is 95.0 Å². The largest absolute Gasteiger partial charge is 0.486 e. The van der Waals surface area contributed by atoms with Crippen LogP contribution in [0, 0.1) is 5.92 Å². The molecule has 8 nitrogen and oxygen atoms in total. The Morgan fingerprint density at radius 2 is 2.03 bits per heavy atom. The fraction of sp³-hybridized carbons (Fsp3) is 0.370. The molecule has 1 aliphatic rings. The molecule has 0 spiro atoms. The Labute approximate surface area is 215 Å². The number of carbonyl (C=O) groups excluding carboxylic acids is 2. The standard InChI is InChI=1S/C27H32N4O4S/c1-17-14-31(18(2)16-32)27(34)21-6-5-7-22(24(21)35-23(17)15-30(3)4)29-25(33)19-8-10-20(11-9-19)26-28-12-13-36-26/h5-13,17-18,23,32H,14-16H2,1-4H3,(H,29,33)/t17-,18+,23-/m1/s1. The van der Waals surface area contributed by atoms with Crippen molar-refractivity contribution in [3.8, 4) is 16.3 Å². The Balaban J connectivity index is 1.66. The lowest BCUT2D eigenvalue weighted by Gasteiger charge is -2.38. The number of ether oxygens (including phenoxy) is 1. The molecule has 2 amide bonds. The van der Waals surface area contributed by atoms with Gasteiger partial charge in [-0.1, -0.05) is 25.1 Å². The van der Waals surface area contributed by atoms with Crippen LogP contribution in [0.1, 0.15) is 34.6 Å². The minimum atomic E-state index is -0.347. The highest BCUT2D eigenvalue weighted by molar-refractivity contribution is 7.13. The number of benzene rings is 2. The van der Waals surface area contributed by atoms with Crippen molar-refractivity contribution in [1.82, 2.24) is 14.8 Å². The number of aliphatic hydroxyl groups is 1. The average Bonchev–Trinajstić information content (AvgIpc) is 3.41. The van der Waals surface area contributed by atoms with Crippen molar-refractivity contribution in [1.29, 1.82) is 0 Å². The van der Waals surface area contributed by atoms with Crippen LogP contribution in [0.25, 0.3) is 10.6 Å². The van der Waals surface area contributed by atoms with Gasteiger partial charge in [0.05, 0.1) is 23.9 Å². The Morgan fingerprint density at radius 3 is 2.67 bits per heavy atom. The highest BCUT2D eigenvalue weighted by Crippen LogP contribution is 2.35. The molecule has 3 atom stereocenters. The molecule has 2 N–H and O–H groups in total. The number of nitrogens with zero attached hydrogens (tertiary/aromatic N) is 3. The third-order valence-corrected chi connectivity index (χ3v) is 7.13. The van der Waals surface area contributed by atoms with Crippen LogP contribution < -0.4 is 10.1 Å². The first-order chi connectivity index (χ1) is 17.3. The number of amides is 2. The van der Waals surface area contributed by atoms with E-state index in [1.807, 2.05) is 50.4 Å². The summed E-state index contributed by atoms with van der Waals surface area (Å²) in [6, 6.07) is 12.1. The number of hydrogen-bond donors (Lipinski definition) is 2. The van der Waals surface area contributed by atoms with E-state index < -0.39 is 0 Å². The summed E-state index contributed by atoms with van der Waals surface area (Å²) >= 11 is 1.54.